The third-order valence-electron chi connectivity index (χ3n) is 4.67. The fourth-order valence-electron chi connectivity index (χ4n) is 3.28. The van der Waals surface area contributed by atoms with Gasteiger partial charge in [-0.2, -0.15) is 0 Å². The van der Waals surface area contributed by atoms with E-state index < -0.39 is 0 Å². The van der Waals surface area contributed by atoms with Crippen molar-refractivity contribution in [3.8, 4) is 11.5 Å². The number of methoxy groups -OCH3 is 1. The Bertz CT molecular complexity index is 1140. The van der Waals surface area contributed by atoms with E-state index in [2.05, 4.69) is 15.9 Å². The largest absolute Gasteiger partial charge is 0.506 e. The summed E-state index contributed by atoms with van der Waals surface area (Å²) in [4.78, 5) is 14.9. The van der Waals surface area contributed by atoms with Gasteiger partial charge in [-0.15, -0.1) is 0 Å². The molecule has 1 heterocycles. The molecule has 0 aliphatic carbocycles. The molecule has 144 valence electrons. The van der Waals surface area contributed by atoms with Crippen molar-refractivity contribution in [1.29, 1.82) is 0 Å². The van der Waals surface area contributed by atoms with E-state index in [4.69, 9.17) is 4.74 Å². The third-order valence-corrected chi connectivity index (χ3v) is 5.29. The molecule has 0 saturated heterocycles. The number of carbonyl (C=O) groups is 1. The van der Waals surface area contributed by atoms with E-state index >= 15 is 0 Å². The van der Waals surface area contributed by atoms with Crippen LogP contribution in [0.15, 0.2) is 88.9 Å². The predicted octanol–water partition coefficient (Wildman–Crippen LogP) is 5.63. The van der Waals surface area contributed by atoms with Crippen molar-refractivity contribution in [3.63, 3.8) is 0 Å². The maximum absolute atomic E-state index is 13.3. The van der Waals surface area contributed by atoms with Gasteiger partial charge < -0.3 is 9.84 Å². The number of benzene rings is 3. The summed E-state index contributed by atoms with van der Waals surface area (Å²) >= 11 is 3.48. The van der Waals surface area contributed by atoms with Crippen LogP contribution in [0, 0.1) is 0 Å². The lowest BCUT2D eigenvalue weighted by molar-refractivity contribution is -0.113. The minimum Gasteiger partial charge on any atom is -0.506 e. The Morgan fingerprint density at radius 3 is 2.41 bits per heavy atom. The number of halogens is 1. The van der Waals surface area contributed by atoms with E-state index in [1.54, 1.807) is 36.3 Å². The highest BCUT2D eigenvalue weighted by Gasteiger charge is 2.31. The van der Waals surface area contributed by atoms with E-state index in [1.165, 1.54) is 0 Å². The zero-order valence-corrected chi connectivity index (χ0v) is 17.3. The normalized spacial score (nSPS) is 15.0. The molecule has 0 bridgehead atoms. The van der Waals surface area contributed by atoms with Gasteiger partial charge in [-0.3, -0.25) is 9.69 Å². The van der Waals surface area contributed by atoms with Crippen LogP contribution in [0.4, 0.5) is 5.69 Å². The number of rotatable bonds is 4. The first-order chi connectivity index (χ1) is 14.1. The number of nitrogens with zero attached hydrogens (tertiary/aromatic N) is 1. The van der Waals surface area contributed by atoms with Gasteiger partial charge in [0.15, 0.2) is 0 Å². The second-order valence-electron chi connectivity index (χ2n) is 6.52. The fourth-order valence-corrected chi connectivity index (χ4v) is 3.84. The van der Waals surface area contributed by atoms with Gasteiger partial charge in [-0.05, 0) is 63.5 Å². The summed E-state index contributed by atoms with van der Waals surface area (Å²) in [6.45, 7) is 0. The molecule has 1 aliphatic rings. The third kappa shape index (κ3) is 3.69. The topological polar surface area (TPSA) is 49.8 Å². The fraction of sp³-hybridized carbons (Fsp3) is 0.0417. The lowest BCUT2D eigenvalue weighted by atomic mass is 10.1. The number of aromatic hydroxyl groups is 1. The Morgan fingerprint density at radius 1 is 1.00 bits per heavy atom. The van der Waals surface area contributed by atoms with Crippen LogP contribution >= 0.6 is 15.9 Å². The molecule has 3 aromatic carbocycles. The van der Waals surface area contributed by atoms with Crippen molar-refractivity contribution in [1.82, 2.24) is 0 Å². The molecule has 0 aromatic heterocycles. The number of amides is 1. The van der Waals surface area contributed by atoms with Gasteiger partial charge in [-0.1, -0.05) is 48.5 Å². The highest BCUT2D eigenvalue weighted by molar-refractivity contribution is 9.10. The van der Waals surface area contributed by atoms with Gasteiger partial charge in [0.1, 0.15) is 11.5 Å². The van der Waals surface area contributed by atoms with Crippen LogP contribution in [0.5, 0.6) is 11.5 Å². The number of carbonyl (C=O) groups excluding carboxylic acids is 1. The SMILES string of the molecule is COc1ccc(/C=C2/C=C(c3ccccc3)N(c3ccccc3O)C2=O)cc1Br. The Labute approximate surface area is 177 Å². The van der Waals surface area contributed by atoms with Crippen LogP contribution in [-0.2, 0) is 4.79 Å². The Kier molecular flexibility index (Phi) is 5.23. The number of anilines is 1. The summed E-state index contributed by atoms with van der Waals surface area (Å²) < 4.78 is 6.08. The van der Waals surface area contributed by atoms with Crippen molar-refractivity contribution in [3.05, 3.63) is 100 Å². The van der Waals surface area contributed by atoms with E-state index in [9.17, 15) is 9.90 Å². The second kappa shape index (κ2) is 7.97. The lowest BCUT2D eigenvalue weighted by Crippen LogP contribution is -2.25. The summed E-state index contributed by atoms with van der Waals surface area (Å²) in [5, 5.41) is 10.4. The van der Waals surface area contributed by atoms with E-state index in [1.807, 2.05) is 60.7 Å². The highest BCUT2D eigenvalue weighted by atomic mass is 79.9. The first kappa shape index (κ1) is 19.0. The Balaban J connectivity index is 1.82. The molecule has 3 aromatic rings. The molecule has 1 N–H and O–H groups in total. The molecule has 4 nitrogen and oxygen atoms in total. The highest BCUT2D eigenvalue weighted by Crippen LogP contribution is 2.39. The number of phenolic OH excluding ortho intramolecular Hbond substituents is 1. The molecular weight excluding hydrogens is 430 g/mol. The standard InChI is InChI=1S/C24H18BrNO3/c1-29-23-12-11-16(14-19(23)25)13-18-15-21(17-7-3-2-4-8-17)26(24(18)28)20-9-5-6-10-22(20)27/h2-15,27H,1H3/b18-13-. The first-order valence-electron chi connectivity index (χ1n) is 9.03. The molecular formula is C24H18BrNO3. The van der Waals surface area contributed by atoms with Crippen molar-refractivity contribution in [2.75, 3.05) is 12.0 Å². The summed E-state index contributed by atoms with van der Waals surface area (Å²) in [5.41, 5.74) is 3.46. The van der Waals surface area contributed by atoms with Crippen LogP contribution in [0.2, 0.25) is 0 Å². The minimum absolute atomic E-state index is 0.0520. The molecule has 0 fully saturated rings. The Morgan fingerprint density at radius 2 is 1.72 bits per heavy atom. The molecule has 4 rings (SSSR count). The lowest BCUT2D eigenvalue weighted by Gasteiger charge is -2.21. The molecule has 0 unspecified atom stereocenters. The van der Waals surface area contributed by atoms with E-state index in [0.29, 0.717) is 11.3 Å². The number of hydrogen-bond acceptors (Lipinski definition) is 3. The van der Waals surface area contributed by atoms with Crippen molar-refractivity contribution in [2.24, 2.45) is 0 Å². The molecule has 1 aliphatic heterocycles. The number of ether oxygens (including phenoxy) is 1. The maximum atomic E-state index is 13.3. The van der Waals surface area contributed by atoms with Crippen LogP contribution in [0.3, 0.4) is 0 Å². The van der Waals surface area contributed by atoms with Gasteiger partial charge >= 0.3 is 0 Å². The van der Waals surface area contributed by atoms with Crippen molar-refractivity contribution in [2.45, 2.75) is 0 Å². The van der Waals surface area contributed by atoms with E-state index in [0.717, 1.165) is 27.0 Å². The number of para-hydroxylation sites is 2. The van der Waals surface area contributed by atoms with Gasteiger partial charge in [0, 0.05) is 5.57 Å². The summed E-state index contributed by atoms with van der Waals surface area (Å²) in [5.74, 6) is 0.578. The van der Waals surface area contributed by atoms with Gasteiger partial charge in [0.25, 0.3) is 5.91 Å². The van der Waals surface area contributed by atoms with Gasteiger partial charge in [0.05, 0.1) is 23.0 Å². The van der Waals surface area contributed by atoms with Crippen molar-refractivity contribution < 1.29 is 14.6 Å². The average molecular weight is 448 g/mol. The molecule has 5 heteroatoms. The molecule has 0 radical (unpaired) electrons. The maximum Gasteiger partial charge on any atom is 0.263 e. The van der Waals surface area contributed by atoms with Crippen LogP contribution < -0.4 is 9.64 Å². The van der Waals surface area contributed by atoms with Crippen molar-refractivity contribution >= 4 is 39.3 Å². The monoisotopic (exact) mass is 447 g/mol. The van der Waals surface area contributed by atoms with Crippen LogP contribution in [0.25, 0.3) is 11.8 Å². The van der Waals surface area contributed by atoms with Gasteiger partial charge in [-0.25, -0.2) is 0 Å². The predicted molar refractivity (Wildman–Crippen MR) is 119 cm³/mol. The number of hydrogen-bond donors (Lipinski definition) is 1. The average Bonchev–Trinajstić information content (AvgIpc) is 3.05. The smallest absolute Gasteiger partial charge is 0.263 e. The molecule has 0 saturated carbocycles. The molecule has 0 spiro atoms. The molecule has 0 atom stereocenters. The number of phenols is 1. The van der Waals surface area contributed by atoms with E-state index in [-0.39, 0.29) is 11.7 Å². The Hall–Kier alpha value is -3.31. The minimum atomic E-state index is -0.197. The summed E-state index contributed by atoms with van der Waals surface area (Å²) in [6, 6.07) is 22.1. The van der Waals surface area contributed by atoms with Gasteiger partial charge in [0.2, 0.25) is 0 Å². The summed E-state index contributed by atoms with van der Waals surface area (Å²) in [7, 11) is 1.61. The quantitative estimate of drug-likeness (QED) is 0.526. The zero-order valence-electron chi connectivity index (χ0n) is 15.7. The van der Waals surface area contributed by atoms with Crippen LogP contribution in [0.1, 0.15) is 11.1 Å². The first-order valence-corrected chi connectivity index (χ1v) is 9.82. The summed E-state index contributed by atoms with van der Waals surface area (Å²) in [6.07, 6.45) is 3.68. The molecule has 1 amide bonds. The molecule has 29 heavy (non-hydrogen) atoms. The van der Waals surface area contributed by atoms with Crippen LogP contribution in [-0.4, -0.2) is 18.1 Å². The zero-order chi connectivity index (χ0) is 20.4. The second-order valence-corrected chi connectivity index (χ2v) is 7.37.